The van der Waals surface area contributed by atoms with Crippen LogP contribution in [-0.2, 0) is 9.59 Å². The zero-order valence-corrected chi connectivity index (χ0v) is 16.1. The van der Waals surface area contributed by atoms with Crippen LogP contribution in [0.5, 0.6) is 0 Å². The van der Waals surface area contributed by atoms with Gasteiger partial charge >= 0.3 is 0 Å². The number of halogens is 1. The van der Waals surface area contributed by atoms with E-state index in [1.54, 1.807) is 11.9 Å². The van der Waals surface area contributed by atoms with Crippen LogP contribution in [0.3, 0.4) is 0 Å². The van der Waals surface area contributed by atoms with Crippen molar-refractivity contribution >= 4 is 29.9 Å². The molecule has 1 aromatic carbocycles. The lowest BCUT2D eigenvalue weighted by Gasteiger charge is -2.29. The van der Waals surface area contributed by atoms with Crippen molar-refractivity contribution in [1.29, 1.82) is 0 Å². The molecule has 0 unspecified atom stereocenters. The highest BCUT2D eigenvalue weighted by atomic mass is 35.5. The molecule has 7 heteroatoms. The zero-order chi connectivity index (χ0) is 17.5. The number of carbonyl (C=O) groups is 2. The minimum absolute atomic E-state index is 0. The topological polar surface area (TPSA) is 64.7 Å². The Hall–Kier alpha value is -1.63. The molecule has 2 amide bonds. The van der Waals surface area contributed by atoms with Crippen LogP contribution in [0.25, 0.3) is 0 Å². The van der Waals surface area contributed by atoms with Gasteiger partial charge in [0.25, 0.3) is 0 Å². The van der Waals surface area contributed by atoms with Crippen molar-refractivity contribution < 1.29 is 9.59 Å². The molecule has 0 aliphatic carbocycles. The summed E-state index contributed by atoms with van der Waals surface area (Å²) in [6.45, 7) is 7.81. The molecule has 1 aliphatic heterocycles. The van der Waals surface area contributed by atoms with Gasteiger partial charge in [0, 0.05) is 31.9 Å². The van der Waals surface area contributed by atoms with Crippen LogP contribution >= 0.6 is 12.4 Å². The number of rotatable bonds is 6. The van der Waals surface area contributed by atoms with Crippen molar-refractivity contribution in [3.8, 4) is 0 Å². The summed E-state index contributed by atoms with van der Waals surface area (Å²) in [6.07, 6.45) is 0. The maximum Gasteiger partial charge on any atom is 0.238 e. The Balaban J connectivity index is 0.00000312. The van der Waals surface area contributed by atoms with E-state index in [4.69, 9.17) is 0 Å². The quantitative estimate of drug-likeness (QED) is 0.799. The summed E-state index contributed by atoms with van der Waals surface area (Å²) in [6, 6.07) is 7.83. The van der Waals surface area contributed by atoms with E-state index < -0.39 is 0 Å². The van der Waals surface area contributed by atoms with Crippen molar-refractivity contribution in [1.82, 2.24) is 15.1 Å². The summed E-state index contributed by atoms with van der Waals surface area (Å²) in [5.41, 5.74) is 1.96. The lowest BCUT2D eigenvalue weighted by Crippen LogP contribution is -2.49. The van der Waals surface area contributed by atoms with E-state index in [1.807, 2.05) is 29.2 Å². The Bertz CT molecular complexity index is 574. The molecule has 0 spiro atoms. The molecule has 0 aromatic heterocycles. The van der Waals surface area contributed by atoms with Crippen molar-refractivity contribution in [3.05, 3.63) is 29.8 Å². The van der Waals surface area contributed by atoms with Gasteiger partial charge < -0.3 is 15.5 Å². The monoisotopic (exact) mass is 368 g/mol. The molecule has 0 atom stereocenters. The summed E-state index contributed by atoms with van der Waals surface area (Å²) in [5, 5.41) is 6.19. The first-order valence-electron chi connectivity index (χ1n) is 8.53. The number of nitrogens with one attached hydrogen (secondary N) is 2. The van der Waals surface area contributed by atoms with E-state index >= 15 is 0 Å². The number of piperazine rings is 1. The molecular formula is C18H29ClN4O2. The minimum atomic E-state index is -0.0984. The predicted molar refractivity (Wildman–Crippen MR) is 103 cm³/mol. The van der Waals surface area contributed by atoms with Crippen LogP contribution < -0.4 is 10.6 Å². The second-order valence-corrected chi connectivity index (χ2v) is 6.59. The SMILES string of the molecule is CC(C)c1ccccc1NC(=O)CN(C)CC(=O)N1CCNCC1.Cl. The average molecular weight is 369 g/mol. The molecule has 0 saturated carbocycles. The number of hydrogen-bond donors (Lipinski definition) is 2. The zero-order valence-electron chi connectivity index (χ0n) is 15.2. The maximum absolute atomic E-state index is 12.3. The third-order valence-electron chi connectivity index (χ3n) is 4.15. The van der Waals surface area contributed by atoms with Gasteiger partial charge in [-0.3, -0.25) is 14.5 Å². The molecular weight excluding hydrogens is 340 g/mol. The van der Waals surface area contributed by atoms with Gasteiger partial charge in [-0.25, -0.2) is 0 Å². The summed E-state index contributed by atoms with van der Waals surface area (Å²) in [4.78, 5) is 28.1. The van der Waals surface area contributed by atoms with Gasteiger partial charge in [-0.15, -0.1) is 12.4 Å². The molecule has 140 valence electrons. The number of anilines is 1. The standard InChI is InChI=1S/C18H28N4O2.ClH/c1-14(2)15-6-4-5-7-16(15)20-17(23)12-21(3)13-18(24)22-10-8-19-9-11-22;/h4-7,14,19H,8-13H2,1-3H3,(H,20,23);1H. The van der Waals surface area contributed by atoms with E-state index in [9.17, 15) is 9.59 Å². The third-order valence-corrected chi connectivity index (χ3v) is 4.15. The fourth-order valence-corrected chi connectivity index (χ4v) is 2.85. The number of para-hydroxylation sites is 1. The first-order valence-corrected chi connectivity index (χ1v) is 8.53. The van der Waals surface area contributed by atoms with Crippen LogP contribution in [0.4, 0.5) is 5.69 Å². The third kappa shape index (κ3) is 6.65. The van der Waals surface area contributed by atoms with Gasteiger partial charge in [0.1, 0.15) is 0 Å². The van der Waals surface area contributed by atoms with E-state index in [1.165, 1.54) is 0 Å². The molecule has 25 heavy (non-hydrogen) atoms. The largest absolute Gasteiger partial charge is 0.339 e. The van der Waals surface area contributed by atoms with Gasteiger partial charge in [0.15, 0.2) is 0 Å². The summed E-state index contributed by atoms with van der Waals surface area (Å²) in [5.74, 6) is 0.321. The smallest absolute Gasteiger partial charge is 0.238 e. The van der Waals surface area contributed by atoms with Crippen LogP contribution in [0.2, 0.25) is 0 Å². The van der Waals surface area contributed by atoms with Crippen LogP contribution in [0, 0.1) is 0 Å². The molecule has 2 N–H and O–H groups in total. The molecule has 0 bridgehead atoms. The number of nitrogens with zero attached hydrogens (tertiary/aromatic N) is 2. The number of benzene rings is 1. The summed E-state index contributed by atoms with van der Waals surface area (Å²) < 4.78 is 0. The Morgan fingerprint density at radius 3 is 2.48 bits per heavy atom. The van der Waals surface area contributed by atoms with Crippen molar-refractivity contribution in [2.75, 3.05) is 51.6 Å². The van der Waals surface area contributed by atoms with E-state index in [0.29, 0.717) is 5.92 Å². The van der Waals surface area contributed by atoms with Gasteiger partial charge in [-0.2, -0.15) is 0 Å². The highest BCUT2D eigenvalue weighted by Crippen LogP contribution is 2.23. The molecule has 2 rings (SSSR count). The number of amides is 2. The molecule has 1 aromatic rings. The highest BCUT2D eigenvalue weighted by Gasteiger charge is 2.19. The molecule has 0 radical (unpaired) electrons. The van der Waals surface area contributed by atoms with Crippen LogP contribution in [0.1, 0.15) is 25.3 Å². The number of hydrogen-bond acceptors (Lipinski definition) is 4. The van der Waals surface area contributed by atoms with Gasteiger partial charge in [-0.1, -0.05) is 32.0 Å². The molecule has 1 heterocycles. The normalized spacial score (nSPS) is 14.4. The minimum Gasteiger partial charge on any atom is -0.339 e. The maximum atomic E-state index is 12.3. The van der Waals surface area contributed by atoms with Crippen molar-refractivity contribution in [2.45, 2.75) is 19.8 Å². The van der Waals surface area contributed by atoms with Crippen LogP contribution in [0.15, 0.2) is 24.3 Å². The van der Waals surface area contributed by atoms with E-state index in [2.05, 4.69) is 24.5 Å². The number of carbonyl (C=O) groups excluding carboxylic acids is 2. The van der Waals surface area contributed by atoms with Gasteiger partial charge in [-0.05, 0) is 24.6 Å². The summed E-state index contributed by atoms with van der Waals surface area (Å²) >= 11 is 0. The van der Waals surface area contributed by atoms with Crippen molar-refractivity contribution in [3.63, 3.8) is 0 Å². The van der Waals surface area contributed by atoms with Gasteiger partial charge in [0.05, 0.1) is 13.1 Å². The van der Waals surface area contributed by atoms with E-state index in [-0.39, 0.29) is 37.3 Å². The fraction of sp³-hybridized carbons (Fsp3) is 0.556. The van der Waals surface area contributed by atoms with Crippen molar-refractivity contribution in [2.24, 2.45) is 0 Å². The molecule has 1 saturated heterocycles. The molecule has 1 fully saturated rings. The Morgan fingerprint density at radius 2 is 1.84 bits per heavy atom. The lowest BCUT2D eigenvalue weighted by molar-refractivity contribution is -0.133. The fourth-order valence-electron chi connectivity index (χ4n) is 2.85. The lowest BCUT2D eigenvalue weighted by atomic mass is 10.0. The highest BCUT2D eigenvalue weighted by molar-refractivity contribution is 5.93. The number of likely N-dealkylation sites (N-methyl/N-ethyl adjacent to an activating group) is 1. The van der Waals surface area contributed by atoms with Crippen LogP contribution in [-0.4, -0.2) is 67.9 Å². The second-order valence-electron chi connectivity index (χ2n) is 6.59. The van der Waals surface area contributed by atoms with Gasteiger partial charge in [0.2, 0.25) is 11.8 Å². The summed E-state index contributed by atoms with van der Waals surface area (Å²) in [7, 11) is 1.80. The molecule has 6 nitrogen and oxygen atoms in total. The molecule has 1 aliphatic rings. The first-order chi connectivity index (χ1) is 11.5. The average Bonchev–Trinajstić information content (AvgIpc) is 2.55. The second kappa shape index (κ2) is 10.4. The Labute approximate surface area is 156 Å². The Morgan fingerprint density at radius 1 is 1.20 bits per heavy atom. The van der Waals surface area contributed by atoms with E-state index in [0.717, 1.165) is 37.4 Å². The predicted octanol–water partition coefficient (Wildman–Crippen LogP) is 1.53. The Kier molecular flexibility index (Phi) is 8.89. The first kappa shape index (κ1) is 21.4.